The van der Waals surface area contributed by atoms with Crippen LogP contribution in [0.1, 0.15) is 32.3 Å². The maximum Gasteiger partial charge on any atom is 0.0891 e. The Morgan fingerprint density at radius 3 is 2.52 bits per heavy atom. The monoisotopic (exact) mass is 290 g/mol. The standard InChI is InChI=1S/C17H26N2O2/c1-16(2)12-17(20,9-10-21-16)13-18-11-14-5-7-15(8-6-14)19(3)4/h5-8,11,20H,9-10,12-13H2,1-4H3. The molecule has 1 heterocycles. The molecule has 21 heavy (non-hydrogen) atoms. The van der Waals surface area contributed by atoms with E-state index >= 15 is 0 Å². The zero-order valence-corrected chi connectivity index (χ0v) is 13.5. The minimum Gasteiger partial charge on any atom is -0.388 e. The van der Waals surface area contributed by atoms with Crippen LogP contribution in [0.3, 0.4) is 0 Å². The van der Waals surface area contributed by atoms with E-state index in [0.717, 1.165) is 11.3 Å². The maximum atomic E-state index is 10.6. The average molecular weight is 290 g/mol. The maximum absolute atomic E-state index is 10.6. The topological polar surface area (TPSA) is 45.1 Å². The Morgan fingerprint density at radius 2 is 1.95 bits per heavy atom. The number of benzene rings is 1. The molecule has 2 rings (SSSR count). The molecule has 0 amide bonds. The highest BCUT2D eigenvalue weighted by molar-refractivity contribution is 5.80. The van der Waals surface area contributed by atoms with E-state index in [2.05, 4.69) is 22.0 Å². The van der Waals surface area contributed by atoms with Crippen LogP contribution >= 0.6 is 0 Å². The average Bonchev–Trinajstić information content (AvgIpc) is 2.37. The number of hydrogen-bond acceptors (Lipinski definition) is 4. The van der Waals surface area contributed by atoms with Crippen LogP contribution in [0.5, 0.6) is 0 Å². The van der Waals surface area contributed by atoms with Crippen LogP contribution < -0.4 is 4.90 Å². The number of aliphatic hydroxyl groups is 1. The summed E-state index contributed by atoms with van der Waals surface area (Å²) >= 11 is 0. The molecule has 1 fully saturated rings. The summed E-state index contributed by atoms with van der Waals surface area (Å²) in [6, 6.07) is 8.20. The number of hydrogen-bond donors (Lipinski definition) is 1. The molecule has 0 aliphatic carbocycles. The summed E-state index contributed by atoms with van der Waals surface area (Å²) in [5.74, 6) is 0. The van der Waals surface area contributed by atoms with Gasteiger partial charge < -0.3 is 14.7 Å². The molecule has 1 aromatic carbocycles. The van der Waals surface area contributed by atoms with E-state index in [-0.39, 0.29) is 5.60 Å². The highest BCUT2D eigenvalue weighted by atomic mass is 16.5. The van der Waals surface area contributed by atoms with Crippen molar-refractivity contribution >= 4 is 11.9 Å². The van der Waals surface area contributed by atoms with E-state index in [4.69, 9.17) is 4.74 Å². The first-order valence-electron chi connectivity index (χ1n) is 7.43. The van der Waals surface area contributed by atoms with Crippen LogP contribution in [0, 0.1) is 0 Å². The predicted molar refractivity (Wildman–Crippen MR) is 87.4 cm³/mol. The second-order valence-electron chi connectivity index (χ2n) is 6.72. The van der Waals surface area contributed by atoms with Crippen molar-refractivity contribution < 1.29 is 9.84 Å². The molecule has 1 aliphatic heterocycles. The summed E-state index contributed by atoms with van der Waals surface area (Å²) in [6.07, 6.45) is 3.10. The number of ether oxygens (including phenoxy) is 1. The Balaban J connectivity index is 1.95. The van der Waals surface area contributed by atoms with E-state index in [1.165, 1.54) is 0 Å². The lowest BCUT2D eigenvalue weighted by atomic mass is 9.84. The molecule has 1 unspecified atom stereocenters. The van der Waals surface area contributed by atoms with Crippen molar-refractivity contribution in [3.8, 4) is 0 Å². The summed E-state index contributed by atoms with van der Waals surface area (Å²) < 4.78 is 5.64. The van der Waals surface area contributed by atoms with Crippen LogP contribution in [-0.4, -0.2) is 49.8 Å². The molecule has 116 valence electrons. The minimum atomic E-state index is -0.748. The van der Waals surface area contributed by atoms with Gasteiger partial charge in [0.05, 0.1) is 24.4 Å². The predicted octanol–water partition coefficient (Wildman–Crippen LogP) is 2.49. The van der Waals surface area contributed by atoms with E-state index in [1.807, 2.05) is 46.3 Å². The molecule has 0 bridgehead atoms. The normalized spacial score (nSPS) is 25.2. The van der Waals surface area contributed by atoms with E-state index in [1.54, 1.807) is 0 Å². The molecule has 4 nitrogen and oxygen atoms in total. The minimum absolute atomic E-state index is 0.268. The lowest BCUT2D eigenvalue weighted by molar-refractivity contribution is -0.139. The Kier molecular flexibility index (Phi) is 4.69. The van der Waals surface area contributed by atoms with E-state index in [0.29, 0.717) is 26.0 Å². The molecular formula is C17H26N2O2. The van der Waals surface area contributed by atoms with Gasteiger partial charge in [-0.1, -0.05) is 12.1 Å². The first-order valence-corrected chi connectivity index (χ1v) is 7.43. The van der Waals surface area contributed by atoms with Gasteiger partial charge in [-0.25, -0.2) is 0 Å². The van der Waals surface area contributed by atoms with Crippen LogP contribution in [0.25, 0.3) is 0 Å². The number of nitrogens with zero attached hydrogens (tertiary/aromatic N) is 2. The van der Waals surface area contributed by atoms with Gasteiger partial charge in [-0.05, 0) is 31.5 Å². The molecule has 0 spiro atoms. The molecule has 1 saturated heterocycles. The summed E-state index contributed by atoms with van der Waals surface area (Å²) in [5, 5.41) is 10.6. The Bertz CT molecular complexity index is 494. The molecular weight excluding hydrogens is 264 g/mol. The highest BCUT2D eigenvalue weighted by Crippen LogP contribution is 2.32. The van der Waals surface area contributed by atoms with Crippen molar-refractivity contribution in [3.05, 3.63) is 29.8 Å². The molecule has 0 radical (unpaired) electrons. The van der Waals surface area contributed by atoms with E-state index in [9.17, 15) is 5.11 Å². The molecule has 1 N–H and O–H groups in total. The zero-order chi connectivity index (χ0) is 15.5. The van der Waals surface area contributed by atoms with Gasteiger partial charge in [0.15, 0.2) is 0 Å². The third-order valence-electron chi connectivity index (χ3n) is 3.85. The number of anilines is 1. The fourth-order valence-electron chi connectivity index (χ4n) is 2.76. The molecule has 1 aliphatic rings. The van der Waals surface area contributed by atoms with Crippen LogP contribution in [0.2, 0.25) is 0 Å². The number of aliphatic imine (C=N–C) groups is 1. The van der Waals surface area contributed by atoms with Gasteiger partial charge in [0.1, 0.15) is 0 Å². The van der Waals surface area contributed by atoms with Crippen molar-refractivity contribution in [2.75, 3.05) is 32.1 Å². The molecule has 0 aromatic heterocycles. The summed E-state index contributed by atoms with van der Waals surface area (Å²) in [6.45, 7) is 5.05. The summed E-state index contributed by atoms with van der Waals surface area (Å²) in [5.41, 5.74) is 1.20. The lowest BCUT2D eigenvalue weighted by Gasteiger charge is -2.40. The van der Waals surface area contributed by atoms with E-state index < -0.39 is 5.60 Å². The zero-order valence-electron chi connectivity index (χ0n) is 13.5. The van der Waals surface area contributed by atoms with Crippen molar-refractivity contribution in [2.24, 2.45) is 4.99 Å². The fraction of sp³-hybridized carbons (Fsp3) is 0.588. The van der Waals surface area contributed by atoms with Gasteiger partial charge in [0.25, 0.3) is 0 Å². The van der Waals surface area contributed by atoms with Gasteiger partial charge in [-0.15, -0.1) is 0 Å². The molecule has 0 saturated carbocycles. The molecule has 4 heteroatoms. The highest BCUT2D eigenvalue weighted by Gasteiger charge is 2.38. The Morgan fingerprint density at radius 1 is 1.29 bits per heavy atom. The summed E-state index contributed by atoms with van der Waals surface area (Å²) in [4.78, 5) is 6.50. The van der Waals surface area contributed by atoms with Gasteiger partial charge in [-0.2, -0.15) is 0 Å². The van der Waals surface area contributed by atoms with Crippen LogP contribution in [0.4, 0.5) is 5.69 Å². The first-order chi connectivity index (χ1) is 9.80. The van der Waals surface area contributed by atoms with Gasteiger partial charge in [-0.3, -0.25) is 4.99 Å². The second-order valence-corrected chi connectivity index (χ2v) is 6.72. The first kappa shape index (κ1) is 16.0. The largest absolute Gasteiger partial charge is 0.388 e. The van der Waals surface area contributed by atoms with Crippen molar-refractivity contribution in [1.82, 2.24) is 0 Å². The van der Waals surface area contributed by atoms with Crippen molar-refractivity contribution in [3.63, 3.8) is 0 Å². The SMILES string of the molecule is CN(C)c1ccc(C=NCC2(O)CCOC(C)(C)C2)cc1. The third-order valence-corrected chi connectivity index (χ3v) is 3.85. The molecule has 1 atom stereocenters. The quantitative estimate of drug-likeness (QED) is 0.867. The summed E-state index contributed by atoms with van der Waals surface area (Å²) in [7, 11) is 4.04. The van der Waals surface area contributed by atoms with Gasteiger partial charge >= 0.3 is 0 Å². The fourth-order valence-corrected chi connectivity index (χ4v) is 2.76. The van der Waals surface area contributed by atoms with Gasteiger partial charge in [0, 0.05) is 38.8 Å². The van der Waals surface area contributed by atoms with Crippen molar-refractivity contribution in [1.29, 1.82) is 0 Å². The third kappa shape index (κ3) is 4.55. The second kappa shape index (κ2) is 6.16. The van der Waals surface area contributed by atoms with Crippen LogP contribution in [0.15, 0.2) is 29.3 Å². The molecule has 1 aromatic rings. The van der Waals surface area contributed by atoms with Crippen molar-refractivity contribution in [2.45, 2.75) is 37.9 Å². The van der Waals surface area contributed by atoms with Gasteiger partial charge in [0.2, 0.25) is 0 Å². The Hall–Kier alpha value is -1.39. The Labute approximate surface area is 127 Å². The smallest absolute Gasteiger partial charge is 0.0891 e. The lowest BCUT2D eigenvalue weighted by Crippen LogP contribution is -2.47. The number of rotatable bonds is 4. The van der Waals surface area contributed by atoms with Crippen LogP contribution in [-0.2, 0) is 4.74 Å².